The predicted molar refractivity (Wildman–Crippen MR) is 65.7 cm³/mol. The van der Waals surface area contributed by atoms with E-state index in [0.29, 0.717) is 12.4 Å². The number of hydrogen-bond acceptors (Lipinski definition) is 4. The van der Waals surface area contributed by atoms with Crippen molar-refractivity contribution in [2.45, 2.75) is 19.8 Å². The van der Waals surface area contributed by atoms with E-state index in [1.165, 1.54) is 0 Å². The third-order valence-electron chi connectivity index (χ3n) is 2.41. The Balaban J connectivity index is 2.22. The van der Waals surface area contributed by atoms with Crippen LogP contribution in [0, 0.1) is 0 Å². The average molecular weight is 229 g/mol. The fourth-order valence-electron chi connectivity index (χ4n) is 1.49. The van der Waals surface area contributed by atoms with Gasteiger partial charge in [0.15, 0.2) is 5.75 Å². The second-order valence-corrected chi connectivity index (χ2v) is 3.71. The van der Waals surface area contributed by atoms with Gasteiger partial charge in [-0.2, -0.15) is 0 Å². The maximum absolute atomic E-state index is 5.67. The summed E-state index contributed by atoms with van der Waals surface area (Å²) in [5, 5.41) is 11.5. The fourth-order valence-corrected chi connectivity index (χ4v) is 1.49. The van der Waals surface area contributed by atoms with Crippen molar-refractivity contribution in [2.24, 2.45) is 0 Å². The molecule has 0 aliphatic heterocycles. The van der Waals surface area contributed by atoms with Gasteiger partial charge in [0, 0.05) is 5.56 Å². The molecule has 1 aromatic carbocycles. The summed E-state index contributed by atoms with van der Waals surface area (Å²) in [6.07, 6.45) is 3.74. The largest absolute Gasteiger partial charge is 0.490 e. The SMILES string of the molecule is CCCCOc1cnnnc1-c1ccccc1. The zero-order chi connectivity index (χ0) is 11.9. The average Bonchev–Trinajstić information content (AvgIpc) is 2.41. The van der Waals surface area contributed by atoms with Crippen LogP contribution in [0.2, 0.25) is 0 Å². The summed E-state index contributed by atoms with van der Waals surface area (Å²) >= 11 is 0. The molecule has 4 nitrogen and oxygen atoms in total. The smallest absolute Gasteiger partial charge is 0.167 e. The van der Waals surface area contributed by atoms with Gasteiger partial charge in [0.25, 0.3) is 0 Å². The Kier molecular flexibility index (Phi) is 4.02. The molecule has 0 fully saturated rings. The molecule has 0 aliphatic rings. The Morgan fingerprint density at radius 1 is 1.18 bits per heavy atom. The zero-order valence-corrected chi connectivity index (χ0v) is 9.84. The molecule has 0 N–H and O–H groups in total. The van der Waals surface area contributed by atoms with E-state index >= 15 is 0 Å². The molecule has 4 heteroatoms. The molecule has 2 aromatic rings. The standard InChI is InChI=1S/C13H15N3O/c1-2-3-9-17-12-10-14-16-15-13(12)11-7-5-4-6-8-11/h4-8,10H,2-3,9H2,1H3. The van der Waals surface area contributed by atoms with Crippen molar-refractivity contribution in [2.75, 3.05) is 6.61 Å². The van der Waals surface area contributed by atoms with E-state index in [2.05, 4.69) is 22.3 Å². The van der Waals surface area contributed by atoms with Gasteiger partial charge in [0.05, 0.1) is 12.8 Å². The molecule has 17 heavy (non-hydrogen) atoms. The predicted octanol–water partition coefficient (Wildman–Crippen LogP) is 2.72. The van der Waals surface area contributed by atoms with Gasteiger partial charge in [0.1, 0.15) is 5.69 Å². The van der Waals surface area contributed by atoms with Crippen molar-refractivity contribution in [3.8, 4) is 17.0 Å². The molecular weight excluding hydrogens is 214 g/mol. The second-order valence-electron chi connectivity index (χ2n) is 3.71. The first kappa shape index (κ1) is 11.5. The van der Waals surface area contributed by atoms with E-state index in [0.717, 1.165) is 24.1 Å². The summed E-state index contributed by atoms with van der Waals surface area (Å²) in [6, 6.07) is 9.86. The summed E-state index contributed by atoms with van der Waals surface area (Å²) < 4.78 is 5.67. The van der Waals surface area contributed by atoms with Crippen molar-refractivity contribution >= 4 is 0 Å². The molecule has 0 radical (unpaired) electrons. The monoisotopic (exact) mass is 229 g/mol. The summed E-state index contributed by atoms with van der Waals surface area (Å²) in [6.45, 7) is 2.81. The van der Waals surface area contributed by atoms with Gasteiger partial charge in [-0.3, -0.25) is 0 Å². The number of nitrogens with zero attached hydrogens (tertiary/aromatic N) is 3. The van der Waals surface area contributed by atoms with E-state index in [1.807, 2.05) is 30.3 Å². The second kappa shape index (κ2) is 5.94. The highest BCUT2D eigenvalue weighted by atomic mass is 16.5. The summed E-state index contributed by atoms with van der Waals surface area (Å²) in [7, 11) is 0. The lowest BCUT2D eigenvalue weighted by Crippen LogP contribution is -2.01. The molecule has 0 bridgehead atoms. The first-order chi connectivity index (χ1) is 8.42. The first-order valence-electron chi connectivity index (χ1n) is 5.78. The van der Waals surface area contributed by atoms with Gasteiger partial charge in [-0.05, 0) is 11.6 Å². The molecule has 88 valence electrons. The lowest BCUT2D eigenvalue weighted by molar-refractivity contribution is 0.307. The van der Waals surface area contributed by atoms with Crippen molar-refractivity contribution in [3.05, 3.63) is 36.5 Å². The van der Waals surface area contributed by atoms with Crippen LogP contribution in [0.25, 0.3) is 11.3 Å². The summed E-state index contributed by atoms with van der Waals surface area (Å²) in [5.41, 5.74) is 1.74. The Morgan fingerprint density at radius 2 is 2.00 bits per heavy atom. The fraction of sp³-hybridized carbons (Fsp3) is 0.308. The maximum Gasteiger partial charge on any atom is 0.167 e. The Labute approximate surface area is 101 Å². The molecule has 1 aromatic heterocycles. The van der Waals surface area contributed by atoms with Gasteiger partial charge in [-0.25, -0.2) is 0 Å². The Bertz CT molecular complexity index is 459. The van der Waals surface area contributed by atoms with Crippen molar-refractivity contribution < 1.29 is 4.74 Å². The van der Waals surface area contributed by atoms with Crippen molar-refractivity contribution in [1.82, 2.24) is 15.4 Å². The number of rotatable bonds is 5. The highest BCUT2D eigenvalue weighted by Crippen LogP contribution is 2.25. The van der Waals surface area contributed by atoms with Gasteiger partial charge >= 0.3 is 0 Å². The maximum atomic E-state index is 5.67. The van der Waals surface area contributed by atoms with E-state index in [-0.39, 0.29) is 0 Å². The van der Waals surface area contributed by atoms with Crippen LogP contribution in [0.15, 0.2) is 36.5 Å². The number of hydrogen-bond donors (Lipinski definition) is 0. The van der Waals surface area contributed by atoms with E-state index in [1.54, 1.807) is 6.20 Å². The minimum atomic E-state index is 0.684. The molecule has 0 amide bonds. The first-order valence-corrected chi connectivity index (χ1v) is 5.78. The Hall–Kier alpha value is -1.97. The third-order valence-corrected chi connectivity index (χ3v) is 2.41. The van der Waals surface area contributed by atoms with Gasteiger partial charge in [-0.15, -0.1) is 10.2 Å². The molecule has 2 rings (SSSR count). The molecule has 0 saturated carbocycles. The lowest BCUT2D eigenvalue weighted by atomic mass is 10.1. The molecule has 1 heterocycles. The van der Waals surface area contributed by atoms with Crippen LogP contribution in [0.5, 0.6) is 5.75 Å². The highest BCUT2D eigenvalue weighted by molar-refractivity contribution is 5.64. The van der Waals surface area contributed by atoms with Crippen LogP contribution in [0.1, 0.15) is 19.8 Å². The number of benzene rings is 1. The minimum absolute atomic E-state index is 0.684. The van der Waals surface area contributed by atoms with Crippen LogP contribution in [-0.2, 0) is 0 Å². The molecule has 0 saturated heterocycles. The topological polar surface area (TPSA) is 47.9 Å². The summed E-state index contributed by atoms with van der Waals surface area (Å²) in [5.74, 6) is 0.694. The van der Waals surface area contributed by atoms with Crippen molar-refractivity contribution in [1.29, 1.82) is 0 Å². The molecule has 0 aliphatic carbocycles. The van der Waals surface area contributed by atoms with Crippen LogP contribution >= 0.6 is 0 Å². The lowest BCUT2D eigenvalue weighted by Gasteiger charge is -2.08. The van der Waals surface area contributed by atoms with Gasteiger partial charge in [0.2, 0.25) is 0 Å². The quantitative estimate of drug-likeness (QED) is 0.739. The normalized spacial score (nSPS) is 10.2. The van der Waals surface area contributed by atoms with Crippen LogP contribution < -0.4 is 4.74 Å². The Morgan fingerprint density at radius 3 is 2.76 bits per heavy atom. The van der Waals surface area contributed by atoms with Crippen LogP contribution in [-0.4, -0.2) is 22.0 Å². The van der Waals surface area contributed by atoms with Gasteiger partial charge in [-0.1, -0.05) is 43.7 Å². The van der Waals surface area contributed by atoms with E-state index < -0.39 is 0 Å². The minimum Gasteiger partial charge on any atom is -0.490 e. The van der Waals surface area contributed by atoms with E-state index in [4.69, 9.17) is 4.74 Å². The molecule has 0 unspecified atom stereocenters. The molecular formula is C13H15N3O. The zero-order valence-electron chi connectivity index (χ0n) is 9.84. The number of aromatic nitrogens is 3. The van der Waals surface area contributed by atoms with Crippen LogP contribution in [0.3, 0.4) is 0 Å². The van der Waals surface area contributed by atoms with Gasteiger partial charge < -0.3 is 4.74 Å². The third kappa shape index (κ3) is 3.00. The summed E-state index contributed by atoms with van der Waals surface area (Å²) in [4.78, 5) is 0. The molecule has 0 atom stereocenters. The number of ether oxygens (including phenoxy) is 1. The van der Waals surface area contributed by atoms with E-state index in [9.17, 15) is 0 Å². The molecule has 0 spiro atoms. The number of unbranched alkanes of at least 4 members (excludes halogenated alkanes) is 1. The van der Waals surface area contributed by atoms with Crippen molar-refractivity contribution in [3.63, 3.8) is 0 Å². The highest BCUT2D eigenvalue weighted by Gasteiger charge is 2.08. The van der Waals surface area contributed by atoms with Crippen LogP contribution in [0.4, 0.5) is 0 Å².